The summed E-state index contributed by atoms with van der Waals surface area (Å²) in [7, 11) is 0. The van der Waals surface area contributed by atoms with Crippen LogP contribution in [0.4, 0.5) is 0 Å². The predicted octanol–water partition coefficient (Wildman–Crippen LogP) is 3.78. The highest BCUT2D eigenvalue weighted by Gasteiger charge is 2.26. The molecule has 3 atom stereocenters. The monoisotopic (exact) mass is 299 g/mol. The lowest BCUT2D eigenvalue weighted by Gasteiger charge is -2.27. The number of nitrogens with two attached hydrogens (primary N) is 1. The van der Waals surface area contributed by atoms with Crippen LogP contribution in [0, 0.1) is 0 Å². The number of benzene rings is 2. The Kier molecular flexibility index (Phi) is 6.05. The molecule has 0 aliphatic heterocycles. The lowest BCUT2D eigenvalue weighted by atomic mass is 9.99. The van der Waals surface area contributed by atoms with E-state index in [1.165, 1.54) is 0 Å². The molecule has 0 saturated heterocycles. The maximum atomic E-state index is 10.2. The minimum absolute atomic E-state index is 0.00329. The van der Waals surface area contributed by atoms with Crippen molar-refractivity contribution in [2.24, 2.45) is 5.73 Å². The van der Waals surface area contributed by atoms with Gasteiger partial charge in [-0.15, -0.1) is 18.3 Å². The lowest BCUT2D eigenvalue weighted by molar-refractivity contribution is 0.146. The van der Waals surface area contributed by atoms with Crippen molar-refractivity contribution in [1.29, 1.82) is 0 Å². The summed E-state index contributed by atoms with van der Waals surface area (Å²) in [5.41, 5.74) is 7.44. The van der Waals surface area contributed by atoms with Crippen LogP contribution >= 0.6 is 11.8 Å². The summed E-state index contributed by atoms with van der Waals surface area (Å²) in [5, 5.41) is 10.2. The van der Waals surface area contributed by atoms with Crippen molar-refractivity contribution in [1.82, 2.24) is 0 Å². The molecule has 3 N–H and O–H groups in total. The van der Waals surface area contributed by atoms with Gasteiger partial charge in [0.15, 0.2) is 0 Å². The van der Waals surface area contributed by atoms with Gasteiger partial charge in [-0.25, -0.2) is 0 Å². The van der Waals surface area contributed by atoms with Gasteiger partial charge in [-0.3, -0.25) is 0 Å². The molecule has 0 aliphatic rings. The molecule has 2 aromatic rings. The zero-order valence-corrected chi connectivity index (χ0v) is 12.7. The highest BCUT2D eigenvalue weighted by Crippen LogP contribution is 2.38. The number of aliphatic hydroxyl groups excluding tert-OH is 1. The second kappa shape index (κ2) is 8.03. The van der Waals surface area contributed by atoms with Gasteiger partial charge in [0.25, 0.3) is 0 Å². The molecule has 0 spiro atoms. The average molecular weight is 299 g/mol. The van der Waals surface area contributed by atoms with E-state index in [0.29, 0.717) is 6.42 Å². The van der Waals surface area contributed by atoms with Crippen LogP contribution < -0.4 is 5.73 Å². The fourth-order valence-electron chi connectivity index (χ4n) is 2.19. The molecule has 0 aliphatic carbocycles. The highest BCUT2D eigenvalue weighted by atomic mass is 32.2. The number of aliphatic hydroxyl groups is 1. The molecule has 0 unspecified atom stereocenters. The molecule has 0 radical (unpaired) electrons. The fourth-order valence-corrected chi connectivity index (χ4v) is 3.43. The Hall–Kier alpha value is -1.55. The normalized spacial score (nSPS) is 15.1. The number of hydrogen-bond acceptors (Lipinski definition) is 3. The summed E-state index contributed by atoms with van der Waals surface area (Å²) in [6.07, 6.45) is 1.61. The van der Waals surface area contributed by atoms with E-state index in [1.807, 2.05) is 36.4 Å². The molecular formula is C18H21NOS. The molecule has 3 heteroatoms. The number of hydrogen-bond donors (Lipinski definition) is 2. The summed E-state index contributed by atoms with van der Waals surface area (Å²) in [5.74, 6) is 0. The average Bonchev–Trinajstić information content (AvgIpc) is 2.54. The Morgan fingerprint density at radius 2 is 1.62 bits per heavy atom. The summed E-state index contributed by atoms with van der Waals surface area (Å²) >= 11 is 1.68. The van der Waals surface area contributed by atoms with Crippen LogP contribution in [-0.2, 0) is 0 Å². The van der Waals surface area contributed by atoms with Gasteiger partial charge in [-0.05, 0) is 24.1 Å². The van der Waals surface area contributed by atoms with Crippen LogP contribution in [-0.4, -0.2) is 17.3 Å². The third kappa shape index (κ3) is 4.46. The smallest absolute Gasteiger partial charge is 0.0739 e. The maximum absolute atomic E-state index is 10.2. The van der Waals surface area contributed by atoms with Gasteiger partial charge in [0.1, 0.15) is 0 Å². The maximum Gasteiger partial charge on any atom is 0.0739 e. The fraction of sp³-hybridized carbons (Fsp3) is 0.222. The first kappa shape index (κ1) is 15.8. The molecule has 0 bridgehead atoms. The summed E-state index contributed by atoms with van der Waals surface area (Å²) in [6.45, 7) is 3.68. The Labute approximate surface area is 130 Å². The van der Waals surface area contributed by atoms with E-state index in [-0.39, 0.29) is 11.3 Å². The zero-order chi connectivity index (χ0) is 15.1. The van der Waals surface area contributed by atoms with Crippen LogP contribution in [0.5, 0.6) is 0 Å². The van der Waals surface area contributed by atoms with Crippen molar-refractivity contribution < 1.29 is 5.11 Å². The van der Waals surface area contributed by atoms with Crippen molar-refractivity contribution in [2.45, 2.75) is 28.7 Å². The van der Waals surface area contributed by atoms with E-state index in [1.54, 1.807) is 17.8 Å². The van der Waals surface area contributed by atoms with Crippen LogP contribution in [0.1, 0.15) is 17.2 Å². The summed E-state index contributed by atoms with van der Waals surface area (Å²) < 4.78 is 0. The molecule has 0 fully saturated rings. The minimum Gasteiger partial charge on any atom is -0.391 e. The molecule has 110 valence electrons. The quantitative estimate of drug-likeness (QED) is 0.604. The van der Waals surface area contributed by atoms with E-state index >= 15 is 0 Å². The van der Waals surface area contributed by atoms with Crippen molar-refractivity contribution in [3.05, 3.63) is 78.9 Å². The first-order valence-corrected chi connectivity index (χ1v) is 7.91. The van der Waals surface area contributed by atoms with Crippen molar-refractivity contribution >= 4 is 11.8 Å². The van der Waals surface area contributed by atoms with E-state index in [9.17, 15) is 5.11 Å². The molecule has 2 rings (SSSR count). The first-order valence-electron chi connectivity index (χ1n) is 7.03. The number of thioether (sulfide) groups is 1. The zero-order valence-electron chi connectivity index (χ0n) is 11.9. The lowest BCUT2D eigenvalue weighted by Crippen LogP contribution is -2.38. The second-order valence-corrected chi connectivity index (χ2v) is 6.15. The molecule has 2 aromatic carbocycles. The second-order valence-electron chi connectivity index (χ2n) is 4.93. The topological polar surface area (TPSA) is 46.2 Å². The molecule has 0 amide bonds. The molecule has 0 heterocycles. The third-order valence-corrected chi connectivity index (χ3v) is 4.72. The van der Waals surface area contributed by atoms with Crippen LogP contribution in [0.15, 0.2) is 78.2 Å². The largest absolute Gasteiger partial charge is 0.391 e. The summed E-state index contributed by atoms with van der Waals surface area (Å²) in [6, 6.07) is 19.9. The van der Waals surface area contributed by atoms with Gasteiger partial charge >= 0.3 is 0 Å². The van der Waals surface area contributed by atoms with Gasteiger partial charge < -0.3 is 10.8 Å². The molecule has 2 nitrogen and oxygen atoms in total. The van der Waals surface area contributed by atoms with Crippen LogP contribution in [0.2, 0.25) is 0 Å². The van der Waals surface area contributed by atoms with Gasteiger partial charge in [0.05, 0.1) is 11.4 Å². The SMILES string of the molecule is C=CC[C@H](O)[C@@H](N)[C@@H](Sc1ccccc1)c1ccccc1. The Balaban J connectivity index is 2.24. The molecule has 0 saturated carbocycles. The van der Waals surface area contributed by atoms with Gasteiger partial charge in [-0.2, -0.15) is 0 Å². The van der Waals surface area contributed by atoms with Crippen LogP contribution in [0.25, 0.3) is 0 Å². The van der Waals surface area contributed by atoms with Crippen molar-refractivity contribution in [2.75, 3.05) is 0 Å². The molecule has 0 aromatic heterocycles. The van der Waals surface area contributed by atoms with Gasteiger partial charge in [0.2, 0.25) is 0 Å². The van der Waals surface area contributed by atoms with Crippen LogP contribution in [0.3, 0.4) is 0 Å². The standard InChI is InChI=1S/C18H21NOS/c1-2-9-16(20)17(19)18(14-10-5-3-6-11-14)21-15-12-7-4-8-13-15/h2-8,10-13,16-18,20H,1,9,19H2/t16-,17+,18-/m0/s1. The van der Waals surface area contributed by atoms with Crippen molar-refractivity contribution in [3.63, 3.8) is 0 Å². The predicted molar refractivity (Wildman–Crippen MR) is 90.3 cm³/mol. The summed E-state index contributed by atoms with van der Waals surface area (Å²) in [4.78, 5) is 1.15. The minimum atomic E-state index is -0.594. The van der Waals surface area contributed by atoms with Gasteiger partial charge in [-0.1, -0.05) is 54.6 Å². The number of rotatable bonds is 7. The van der Waals surface area contributed by atoms with Crippen molar-refractivity contribution in [3.8, 4) is 0 Å². The van der Waals surface area contributed by atoms with Gasteiger partial charge in [0, 0.05) is 10.9 Å². The third-order valence-electron chi connectivity index (χ3n) is 3.34. The first-order chi connectivity index (χ1) is 10.2. The Bertz CT molecular complexity index is 544. The van der Waals surface area contributed by atoms with E-state index in [2.05, 4.69) is 30.8 Å². The van der Waals surface area contributed by atoms with E-state index in [4.69, 9.17) is 5.73 Å². The highest BCUT2D eigenvalue weighted by molar-refractivity contribution is 7.99. The van der Waals surface area contributed by atoms with E-state index < -0.39 is 6.10 Å². The van der Waals surface area contributed by atoms with E-state index in [0.717, 1.165) is 10.5 Å². The Morgan fingerprint density at radius 3 is 2.19 bits per heavy atom. The molecule has 21 heavy (non-hydrogen) atoms. The molecular weight excluding hydrogens is 278 g/mol. The Morgan fingerprint density at radius 1 is 1.05 bits per heavy atom.